The van der Waals surface area contributed by atoms with Crippen LogP contribution >= 0.6 is 15.9 Å². The number of amides is 1. The number of aryl methyl sites for hydroxylation is 1. The monoisotopic (exact) mass is 527 g/mol. The molecular formula is C25H30BrN5O3. The lowest BCUT2D eigenvalue weighted by Crippen LogP contribution is -2.48. The van der Waals surface area contributed by atoms with Crippen molar-refractivity contribution in [2.24, 2.45) is 5.41 Å². The van der Waals surface area contributed by atoms with E-state index in [1.165, 1.54) is 5.56 Å². The number of alkyl carbamates (subject to hydrolysis) is 1. The summed E-state index contributed by atoms with van der Waals surface area (Å²) in [5.74, 6) is 1.34. The predicted octanol–water partition coefficient (Wildman–Crippen LogP) is 4.84. The van der Waals surface area contributed by atoms with Gasteiger partial charge in [0.05, 0.1) is 23.3 Å². The number of hydrogen-bond donors (Lipinski definition) is 1. The van der Waals surface area contributed by atoms with Gasteiger partial charge in [0.1, 0.15) is 17.4 Å². The van der Waals surface area contributed by atoms with E-state index in [2.05, 4.69) is 48.3 Å². The molecule has 0 saturated carbocycles. The van der Waals surface area contributed by atoms with Crippen LogP contribution in [0.4, 0.5) is 10.7 Å². The largest absolute Gasteiger partial charge is 0.497 e. The molecule has 2 heterocycles. The lowest BCUT2D eigenvalue weighted by Gasteiger charge is -2.43. The highest BCUT2D eigenvalue weighted by Gasteiger charge is 2.49. The smallest absolute Gasteiger partial charge is 0.408 e. The summed E-state index contributed by atoms with van der Waals surface area (Å²) < 4.78 is 11.7. The predicted molar refractivity (Wildman–Crippen MR) is 132 cm³/mol. The van der Waals surface area contributed by atoms with Crippen molar-refractivity contribution >= 4 is 28.0 Å². The number of benzene rings is 1. The number of halogens is 1. The Morgan fingerprint density at radius 2 is 2.00 bits per heavy atom. The minimum atomic E-state index is -0.578. The number of methoxy groups -OCH3 is 1. The molecule has 1 fully saturated rings. The lowest BCUT2D eigenvalue weighted by molar-refractivity contribution is 0.0427. The minimum Gasteiger partial charge on any atom is -0.497 e. The second-order valence-corrected chi connectivity index (χ2v) is 10.8. The van der Waals surface area contributed by atoms with Gasteiger partial charge in [0.2, 0.25) is 5.95 Å². The number of fused-ring (bicyclic) bond motifs is 1. The highest BCUT2D eigenvalue weighted by atomic mass is 79.9. The molecule has 1 atom stereocenters. The number of nitrogens with one attached hydrogen (secondary N) is 1. The van der Waals surface area contributed by atoms with Gasteiger partial charge in [0, 0.05) is 18.5 Å². The third kappa shape index (κ3) is 4.69. The first-order valence-corrected chi connectivity index (χ1v) is 12.2. The normalized spacial score (nSPS) is 18.9. The third-order valence-electron chi connectivity index (χ3n) is 6.63. The molecule has 0 unspecified atom stereocenters. The number of carbonyl (C=O) groups is 1. The van der Waals surface area contributed by atoms with Crippen LogP contribution in [-0.2, 0) is 11.2 Å². The molecule has 2 aliphatic rings. The molecule has 1 aliphatic carbocycles. The standard InChI is InChI=1S/C25H30BrN5O3/c1-15-20(26)19(14-27)29-22(28-15)31-10-8-25(9-11-31)13-16-6-7-17(33-5)12-18(16)21(25)30-23(32)34-24(2,3)4/h6-7,12,21H,8-11,13H2,1-5H3,(H,30,32)/t21-/m1/s1. The van der Waals surface area contributed by atoms with Crippen LogP contribution in [0.3, 0.4) is 0 Å². The first-order valence-electron chi connectivity index (χ1n) is 11.4. The number of nitrogens with zero attached hydrogens (tertiary/aromatic N) is 4. The molecule has 1 aromatic heterocycles. The Morgan fingerprint density at radius 1 is 1.29 bits per heavy atom. The summed E-state index contributed by atoms with van der Waals surface area (Å²) in [5.41, 5.74) is 2.66. The van der Waals surface area contributed by atoms with Crippen molar-refractivity contribution < 1.29 is 14.3 Å². The van der Waals surface area contributed by atoms with Gasteiger partial charge in [-0.05, 0) is 86.1 Å². The first kappa shape index (κ1) is 24.3. The molecule has 1 spiro atoms. The summed E-state index contributed by atoms with van der Waals surface area (Å²) in [5, 5.41) is 12.6. The van der Waals surface area contributed by atoms with Crippen molar-refractivity contribution in [1.82, 2.24) is 15.3 Å². The van der Waals surface area contributed by atoms with Crippen molar-refractivity contribution in [1.29, 1.82) is 5.26 Å². The molecule has 1 aromatic carbocycles. The molecule has 2 aromatic rings. The number of aromatic nitrogens is 2. The number of hydrogen-bond acceptors (Lipinski definition) is 7. The minimum absolute atomic E-state index is 0.148. The molecule has 34 heavy (non-hydrogen) atoms. The highest BCUT2D eigenvalue weighted by molar-refractivity contribution is 9.10. The summed E-state index contributed by atoms with van der Waals surface area (Å²) in [4.78, 5) is 24.0. The molecule has 8 nitrogen and oxygen atoms in total. The van der Waals surface area contributed by atoms with Gasteiger partial charge in [-0.25, -0.2) is 14.8 Å². The van der Waals surface area contributed by atoms with Crippen LogP contribution in [0.5, 0.6) is 5.75 Å². The topological polar surface area (TPSA) is 100 Å². The zero-order valence-electron chi connectivity index (χ0n) is 20.2. The summed E-state index contributed by atoms with van der Waals surface area (Å²) >= 11 is 3.40. The Kier molecular flexibility index (Phi) is 6.47. The van der Waals surface area contributed by atoms with Crippen molar-refractivity contribution in [2.45, 2.75) is 58.6 Å². The number of nitriles is 1. The van der Waals surface area contributed by atoms with E-state index in [1.54, 1.807) is 7.11 Å². The number of anilines is 1. The third-order valence-corrected chi connectivity index (χ3v) is 7.58. The van der Waals surface area contributed by atoms with E-state index in [0.29, 0.717) is 16.1 Å². The van der Waals surface area contributed by atoms with Gasteiger partial charge in [0.25, 0.3) is 0 Å². The molecule has 1 saturated heterocycles. The van der Waals surface area contributed by atoms with E-state index < -0.39 is 11.7 Å². The van der Waals surface area contributed by atoms with Crippen molar-refractivity contribution in [3.63, 3.8) is 0 Å². The molecule has 180 valence electrons. The number of carbonyl (C=O) groups excluding carboxylic acids is 1. The second kappa shape index (κ2) is 9.06. The Hall–Kier alpha value is -2.86. The molecule has 0 radical (unpaired) electrons. The van der Waals surface area contributed by atoms with Crippen LogP contribution in [0, 0.1) is 23.7 Å². The molecular weight excluding hydrogens is 498 g/mol. The van der Waals surface area contributed by atoms with Gasteiger partial charge >= 0.3 is 6.09 Å². The maximum absolute atomic E-state index is 12.8. The zero-order valence-corrected chi connectivity index (χ0v) is 21.8. The van der Waals surface area contributed by atoms with E-state index >= 15 is 0 Å². The van der Waals surface area contributed by atoms with Gasteiger partial charge in [-0.15, -0.1) is 0 Å². The molecule has 1 N–H and O–H groups in total. The summed E-state index contributed by atoms with van der Waals surface area (Å²) in [6, 6.07) is 8.05. The second-order valence-electron chi connectivity index (χ2n) is 10.1. The zero-order chi connectivity index (χ0) is 24.7. The maximum Gasteiger partial charge on any atom is 0.408 e. The van der Waals surface area contributed by atoms with Crippen molar-refractivity contribution in [3.8, 4) is 11.8 Å². The van der Waals surface area contributed by atoms with Gasteiger partial charge < -0.3 is 19.7 Å². The van der Waals surface area contributed by atoms with Crippen molar-refractivity contribution in [2.75, 3.05) is 25.1 Å². The van der Waals surface area contributed by atoms with E-state index in [-0.39, 0.29) is 11.5 Å². The number of ether oxygens (including phenoxy) is 2. The first-order chi connectivity index (χ1) is 16.0. The summed E-state index contributed by atoms with van der Waals surface area (Å²) in [7, 11) is 1.65. The molecule has 9 heteroatoms. The fourth-order valence-corrected chi connectivity index (χ4v) is 5.24. The van der Waals surface area contributed by atoms with Gasteiger partial charge in [-0.1, -0.05) is 6.07 Å². The molecule has 0 bridgehead atoms. The van der Waals surface area contributed by atoms with E-state index in [1.807, 2.05) is 39.8 Å². The van der Waals surface area contributed by atoms with Crippen LogP contribution in [0.15, 0.2) is 22.7 Å². The molecule has 1 amide bonds. The molecule has 1 aliphatic heterocycles. The Labute approximate surface area is 208 Å². The Morgan fingerprint density at radius 3 is 2.62 bits per heavy atom. The van der Waals surface area contributed by atoms with Crippen LogP contribution in [0.2, 0.25) is 0 Å². The van der Waals surface area contributed by atoms with Crippen LogP contribution in [0.1, 0.15) is 62.2 Å². The SMILES string of the molecule is COc1ccc2c(c1)[C@@H](NC(=O)OC(C)(C)C)C1(CCN(c3nc(C)c(Br)c(C#N)n3)CC1)C2. The fraction of sp³-hybridized carbons (Fsp3) is 0.520. The number of rotatable bonds is 3. The van der Waals surface area contributed by atoms with Crippen LogP contribution in [-0.4, -0.2) is 41.9 Å². The van der Waals surface area contributed by atoms with E-state index in [9.17, 15) is 10.1 Å². The average molecular weight is 528 g/mol. The van der Waals surface area contributed by atoms with Crippen molar-refractivity contribution in [3.05, 3.63) is 45.2 Å². The van der Waals surface area contributed by atoms with Gasteiger partial charge in [-0.3, -0.25) is 0 Å². The summed E-state index contributed by atoms with van der Waals surface area (Å²) in [6.07, 6.45) is 2.13. The Bertz CT molecular complexity index is 1150. The van der Waals surface area contributed by atoms with Crippen LogP contribution < -0.4 is 15.0 Å². The lowest BCUT2D eigenvalue weighted by atomic mass is 9.73. The van der Waals surface area contributed by atoms with E-state index in [0.717, 1.165) is 49.4 Å². The summed E-state index contributed by atoms with van der Waals surface area (Å²) in [6.45, 7) is 8.91. The van der Waals surface area contributed by atoms with Crippen LogP contribution in [0.25, 0.3) is 0 Å². The Balaban J connectivity index is 1.60. The van der Waals surface area contributed by atoms with E-state index in [4.69, 9.17) is 9.47 Å². The molecule has 4 rings (SSSR count). The quantitative estimate of drug-likeness (QED) is 0.609. The van der Waals surface area contributed by atoms with Gasteiger partial charge in [0.15, 0.2) is 5.69 Å². The highest BCUT2D eigenvalue weighted by Crippen LogP contribution is 2.53. The maximum atomic E-state index is 12.8. The number of piperidine rings is 1. The van der Waals surface area contributed by atoms with Gasteiger partial charge in [-0.2, -0.15) is 5.26 Å². The average Bonchev–Trinajstić information content (AvgIpc) is 3.06. The fourth-order valence-electron chi connectivity index (χ4n) is 4.97.